The lowest BCUT2D eigenvalue weighted by molar-refractivity contribution is 0.0597. The number of methoxy groups -OCH3 is 1. The molecular weight excluding hydrogens is 326 g/mol. The lowest BCUT2D eigenvalue weighted by Crippen LogP contribution is -2.35. The Balaban J connectivity index is 1.97. The van der Waals surface area contributed by atoms with Crippen LogP contribution in [0.25, 0.3) is 0 Å². The molecule has 0 N–H and O–H groups in total. The Morgan fingerprint density at radius 2 is 2.00 bits per heavy atom. The van der Waals surface area contributed by atoms with Gasteiger partial charge in [0.1, 0.15) is 5.01 Å². The summed E-state index contributed by atoms with van der Waals surface area (Å²) in [6.07, 6.45) is 1.73. The van der Waals surface area contributed by atoms with Crippen LogP contribution in [0.2, 0.25) is 0 Å². The second-order valence-corrected chi connectivity index (χ2v) is 6.55. The Morgan fingerprint density at radius 1 is 1.29 bits per heavy atom. The smallest absolute Gasteiger partial charge is 0.337 e. The molecular formula is C18H21NO4S. The van der Waals surface area contributed by atoms with Crippen LogP contribution in [0.3, 0.4) is 0 Å². The van der Waals surface area contributed by atoms with E-state index in [1.807, 2.05) is 36.6 Å². The van der Waals surface area contributed by atoms with Gasteiger partial charge in [-0.2, -0.15) is 0 Å². The molecule has 5 nitrogen and oxygen atoms in total. The third kappa shape index (κ3) is 3.16. The van der Waals surface area contributed by atoms with Crippen LogP contribution in [-0.2, 0) is 14.9 Å². The van der Waals surface area contributed by atoms with Crippen LogP contribution in [-0.4, -0.2) is 37.9 Å². The first kappa shape index (κ1) is 16.9. The van der Waals surface area contributed by atoms with Crippen molar-refractivity contribution >= 4 is 17.3 Å². The van der Waals surface area contributed by atoms with Gasteiger partial charge in [-0.1, -0.05) is 12.1 Å². The minimum Gasteiger partial charge on any atom is -0.477 e. The maximum atomic E-state index is 11.7. The Kier molecular flexibility index (Phi) is 5.16. The van der Waals surface area contributed by atoms with Gasteiger partial charge in [0.15, 0.2) is 0 Å². The number of esters is 1. The molecule has 0 amide bonds. The standard InChI is InChI=1S/C18H21NO4S/c1-3-23-15-12-24-17(19-15)18(8-10-22-11-9-18)14-6-4-13(5-7-14)16(20)21-2/h4-7,12H,3,8-11H2,1-2H3. The van der Waals surface area contributed by atoms with Crippen LogP contribution in [0.1, 0.15) is 40.7 Å². The van der Waals surface area contributed by atoms with E-state index in [1.54, 1.807) is 11.3 Å². The number of carbonyl (C=O) groups is 1. The summed E-state index contributed by atoms with van der Waals surface area (Å²) in [4.78, 5) is 16.4. The maximum Gasteiger partial charge on any atom is 0.337 e. The molecule has 0 radical (unpaired) electrons. The predicted octanol–water partition coefficient (Wildman–Crippen LogP) is 3.42. The van der Waals surface area contributed by atoms with Crippen molar-refractivity contribution in [1.29, 1.82) is 0 Å². The zero-order valence-corrected chi connectivity index (χ0v) is 14.7. The average Bonchev–Trinajstić information content (AvgIpc) is 3.11. The van der Waals surface area contributed by atoms with E-state index in [4.69, 9.17) is 19.2 Å². The number of rotatable bonds is 5. The highest BCUT2D eigenvalue weighted by atomic mass is 32.1. The summed E-state index contributed by atoms with van der Waals surface area (Å²) in [5, 5.41) is 3.00. The van der Waals surface area contributed by atoms with Crippen molar-refractivity contribution in [3.63, 3.8) is 0 Å². The van der Waals surface area contributed by atoms with E-state index < -0.39 is 0 Å². The van der Waals surface area contributed by atoms with Gasteiger partial charge in [0.25, 0.3) is 0 Å². The summed E-state index contributed by atoms with van der Waals surface area (Å²) in [6.45, 7) is 3.95. The second kappa shape index (κ2) is 7.32. The summed E-state index contributed by atoms with van der Waals surface area (Å²) in [6, 6.07) is 7.63. The Morgan fingerprint density at radius 3 is 2.62 bits per heavy atom. The Bertz CT molecular complexity index is 689. The number of aromatic nitrogens is 1. The van der Waals surface area contributed by atoms with E-state index in [9.17, 15) is 4.79 Å². The van der Waals surface area contributed by atoms with Gasteiger partial charge in [-0.3, -0.25) is 0 Å². The third-order valence-corrected chi connectivity index (χ3v) is 5.41. The molecule has 0 saturated carbocycles. The van der Waals surface area contributed by atoms with Gasteiger partial charge in [0, 0.05) is 13.2 Å². The van der Waals surface area contributed by atoms with Crippen LogP contribution in [0, 0.1) is 0 Å². The van der Waals surface area contributed by atoms with Gasteiger partial charge < -0.3 is 14.2 Å². The molecule has 3 rings (SSSR count). The van der Waals surface area contributed by atoms with Gasteiger partial charge in [-0.15, -0.1) is 11.3 Å². The minimum atomic E-state index is -0.324. The van der Waals surface area contributed by atoms with Crippen LogP contribution >= 0.6 is 11.3 Å². The van der Waals surface area contributed by atoms with Gasteiger partial charge in [0.05, 0.1) is 30.1 Å². The summed E-state index contributed by atoms with van der Waals surface area (Å²) in [7, 11) is 1.39. The van der Waals surface area contributed by atoms with Crippen molar-refractivity contribution in [3.8, 4) is 5.88 Å². The van der Waals surface area contributed by atoms with Crippen molar-refractivity contribution in [2.75, 3.05) is 26.9 Å². The average molecular weight is 347 g/mol. The van der Waals surface area contributed by atoms with Crippen LogP contribution in [0.5, 0.6) is 5.88 Å². The van der Waals surface area contributed by atoms with Crippen LogP contribution < -0.4 is 4.74 Å². The molecule has 0 atom stereocenters. The molecule has 1 aliphatic rings. The van der Waals surface area contributed by atoms with E-state index in [-0.39, 0.29) is 11.4 Å². The van der Waals surface area contributed by atoms with Crippen molar-refractivity contribution < 1.29 is 19.0 Å². The fourth-order valence-corrected chi connectivity index (χ4v) is 4.11. The highest BCUT2D eigenvalue weighted by molar-refractivity contribution is 7.10. The van der Waals surface area contributed by atoms with E-state index in [1.165, 1.54) is 7.11 Å². The molecule has 1 saturated heterocycles. The largest absolute Gasteiger partial charge is 0.477 e. The predicted molar refractivity (Wildman–Crippen MR) is 91.9 cm³/mol. The van der Waals surface area contributed by atoms with E-state index >= 15 is 0 Å². The molecule has 0 bridgehead atoms. The van der Waals surface area contributed by atoms with E-state index in [2.05, 4.69) is 0 Å². The van der Waals surface area contributed by atoms with E-state index in [0.717, 1.165) is 23.4 Å². The molecule has 1 aromatic heterocycles. The lowest BCUT2D eigenvalue weighted by atomic mass is 9.74. The van der Waals surface area contributed by atoms with Gasteiger partial charge in [-0.05, 0) is 37.5 Å². The summed E-state index contributed by atoms with van der Waals surface area (Å²) < 4.78 is 15.9. The Hall–Kier alpha value is -1.92. The normalized spacial score (nSPS) is 16.6. The van der Waals surface area contributed by atoms with E-state index in [0.29, 0.717) is 31.3 Å². The number of nitrogens with zero attached hydrogens (tertiary/aromatic N) is 1. The zero-order chi connectivity index (χ0) is 17.0. The fraction of sp³-hybridized carbons (Fsp3) is 0.444. The molecule has 1 aromatic carbocycles. The topological polar surface area (TPSA) is 57.7 Å². The molecule has 0 aliphatic carbocycles. The zero-order valence-electron chi connectivity index (χ0n) is 13.9. The van der Waals surface area contributed by atoms with Crippen molar-refractivity contribution in [1.82, 2.24) is 4.98 Å². The number of hydrogen-bond acceptors (Lipinski definition) is 6. The Labute approximate surface area is 145 Å². The van der Waals surface area contributed by atoms with Gasteiger partial charge in [-0.25, -0.2) is 9.78 Å². The molecule has 6 heteroatoms. The minimum absolute atomic E-state index is 0.188. The van der Waals surface area contributed by atoms with Crippen molar-refractivity contribution in [3.05, 3.63) is 45.8 Å². The third-order valence-electron chi connectivity index (χ3n) is 4.39. The van der Waals surface area contributed by atoms with Crippen LogP contribution in [0.15, 0.2) is 29.6 Å². The molecule has 24 heavy (non-hydrogen) atoms. The number of carbonyl (C=O) groups excluding carboxylic acids is 1. The molecule has 2 heterocycles. The van der Waals surface area contributed by atoms with Crippen molar-refractivity contribution in [2.24, 2.45) is 0 Å². The lowest BCUT2D eigenvalue weighted by Gasteiger charge is -2.36. The quantitative estimate of drug-likeness (QED) is 0.776. The summed E-state index contributed by atoms with van der Waals surface area (Å²) in [5.41, 5.74) is 1.51. The first-order valence-corrected chi connectivity index (χ1v) is 8.93. The molecule has 0 spiro atoms. The summed E-state index contributed by atoms with van der Waals surface area (Å²) in [5.74, 6) is 0.352. The second-order valence-electron chi connectivity index (χ2n) is 5.69. The monoisotopic (exact) mass is 347 g/mol. The fourth-order valence-electron chi connectivity index (χ4n) is 3.08. The number of ether oxygens (including phenoxy) is 3. The number of benzene rings is 1. The molecule has 2 aromatic rings. The molecule has 128 valence electrons. The van der Waals surface area contributed by atoms with Crippen LogP contribution in [0.4, 0.5) is 0 Å². The maximum absolute atomic E-state index is 11.7. The van der Waals surface area contributed by atoms with Gasteiger partial charge in [0.2, 0.25) is 5.88 Å². The molecule has 0 unspecified atom stereocenters. The number of hydrogen-bond donors (Lipinski definition) is 0. The highest BCUT2D eigenvalue weighted by Crippen LogP contribution is 2.43. The highest BCUT2D eigenvalue weighted by Gasteiger charge is 2.39. The molecule has 1 aliphatic heterocycles. The van der Waals surface area contributed by atoms with Gasteiger partial charge >= 0.3 is 5.97 Å². The first-order valence-electron chi connectivity index (χ1n) is 8.05. The molecule has 1 fully saturated rings. The first-order chi connectivity index (χ1) is 11.7. The van der Waals surface area contributed by atoms with Crippen molar-refractivity contribution in [2.45, 2.75) is 25.2 Å². The number of thiazole rings is 1. The SMILES string of the molecule is CCOc1csc(C2(c3ccc(C(=O)OC)cc3)CCOCC2)n1. The summed E-state index contributed by atoms with van der Waals surface area (Å²) >= 11 is 1.62.